The van der Waals surface area contributed by atoms with Gasteiger partial charge < -0.3 is 15.2 Å². The average molecular weight is 196 g/mol. The van der Waals surface area contributed by atoms with Crippen LogP contribution in [0.3, 0.4) is 0 Å². The Morgan fingerprint density at radius 3 is 2.93 bits per heavy atom. The van der Waals surface area contributed by atoms with Crippen LogP contribution in [0.2, 0.25) is 0 Å². The SMILES string of the molecule is CCOCC(N)c1cncc(OC)c1. The number of pyridine rings is 1. The van der Waals surface area contributed by atoms with Crippen molar-refractivity contribution in [1.82, 2.24) is 4.98 Å². The number of ether oxygens (including phenoxy) is 2. The van der Waals surface area contributed by atoms with Gasteiger partial charge in [0.25, 0.3) is 0 Å². The van der Waals surface area contributed by atoms with E-state index in [-0.39, 0.29) is 6.04 Å². The fourth-order valence-electron chi connectivity index (χ4n) is 1.09. The lowest BCUT2D eigenvalue weighted by Crippen LogP contribution is -2.17. The first-order chi connectivity index (χ1) is 6.77. The molecule has 1 unspecified atom stereocenters. The Bertz CT molecular complexity index is 279. The summed E-state index contributed by atoms with van der Waals surface area (Å²) in [7, 11) is 1.61. The van der Waals surface area contributed by atoms with Crippen LogP contribution in [-0.2, 0) is 4.74 Å². The minimum absolute atomic E-state index is 0.141. The minimum Gasteiger partial charge on any atom is -0.495 e. The van der Waals surface area contributed by atoms with Crippen molar-refractivity contribution in [2.75, 3.05) is 20.3 Å². The Labute approximate surface area is 84.0 Å². The fraction of sp³-hybridized carbons (Fsp3) is 0.500. The molecule has 0 spiro atoms. The Kier molecular flexibility index (Phi) is 4.35. The molecule has 1 aromatic heterocycles. The molecule has 0 aliphatic heterocycles. The summed E-state index contributed by atoms with van der Waals surface area (Å²) >= 11 is 0. The highest BCUT2D eigenvalue weighted by atomic mass is 16.5. The van der Waals surface area contributed by atoms with Crippen LogP contribution in [0.4, 0.5) is 0 Å². The Morgan fingerprint density at radius 2 is 2.29 bits per heavy atom. The number of hydrogen-bond acceptors (Lipinski definition) is 4. The van der Waals surface area contributed by atoms with E-state index in [0.717, 1.165) is 11.3 Å². The third kappa shape index (κ3) is 2.97. The van der Waals surface area contributed by atoms with Crippen LogP contribution in [0, 0.1) is 0 Å². The van der Waals surface area contributed by atoms with Crippen molar-refractivity contribution >= 4 is 0 Å². The van der Waals surface area contributed by atoms with Crippen molar-refractivity contribution in [3.63, 3.8) is 0 Å². The van der Waals surface area contributed by atoms with Crippen LogP contribution in [0.15, 0.2) is 18.5 Å². The quantitative estimate of drug-likeness (QED) is 0.766. The highest BCUT2D eigenvalue weighted by molar-refractivity contribution is 5.25. The highest BCUT2D eigenvalue weighted by Crippen LogP contribution is 2.15. The standard InChI is InChI=1S/C10H16N2O2/c1-3-14-7-10(11)8-4-9(13-2)6-12-5-8/h4-6,10H,3,7,11H2,1-2H3. The van der Waals surface area contributed by atoms with Gasteiger partial charge in [0.05, 0.1) is 26.0 Å². The van der Waals surface area contributed by atoms with Gasteiger partial charge >= 0.3 is 0 Å². The zero-order chi connectivity index (χ0) is 10.4. The number of hydrogen-bond donors (Lipinski definition) is 1. The van der Waals surface area contributed by atoms with E-state index in [9.17, 15) is 0 Å². The van der Waals surface area contributed by atoms with Crippen molar-refractivity contribution in [3.05, 3.63) is 24.0 Å². The molecule has 14 heavy (non-hydrogen) atoms. The van der Waals surface area contributed by atoms with Crippen molar-refractivity contribution < 1.29 is 9.47 Å². The number of aromatic nitrogens is 1. The molecule has 78 valence electrons. The lowest BCUT2D eigenvalue weighted by molar-refractivity contribution is 0.133. The maximum Gasteiger partial charge on any atom is 0.137 e. The molecule has 0 aromatic carbocycles. The lowest BCUT2D eigenvalue weighted by atomic mass is 10.1. The summed E-state index contributed by atoms with van der Waals surface area (Å²) in [5.41, 5.74) is 6.81. The number of nitrogens with two attached hydrogens (primary N) is 1. The second-order valence-electron chi connectivity index (χ2n) is 2.92. The normalized spacial score (nSPS) is 12.5. The van der Waals surface area contributed by atoms with E-state index >= 15 is 0 Å². The smallest absolute Gasteiger partial charge is 0.137 e. The van der Waals surface area contributed by atoms with Crippen LogP contribution in [0.25, 0.3) is 0 Å². The van der Waals surface area contributed by atoms with Crippen molar-refractivity contribution in [3.8, 4) is 5.75 Å². The molecule has 1 rings (SSSR count). The van der Waals surface area contributed by atoms with E-state index in [1.54, 1.807) is 19.5 Å². The Balaban J connectivity index is 2.64. The van der Waals surface area contributed by atoms with Gasteiger partial charge in [-0.2, -0.15) is 0 Å². The molecule has 0 fully saturated rings. The van der Waals surface area contributed by atoms with Crippen molar-refractivity contribution in [2.24, 2.45) is 5.73 Å². The number of methoxy groups -OCH3 is 1. The second kappa shape index (κ2) is 5.57. The summed E-state index contributed by atoms with van der Waals surface area (Å²) < 4.78 is 10.3. The molecule has 1 aromatic rings. The van der Waals surface area contributed by atoms with Crippen LogP contribution < -0.4 is 10.5 Å². The first-order valence-electron chi connectivity index (χ1n) is 4.60. The third-order valence-corrected chi connectivity index (χ3v) is 1.90. The molecule has 0 aliphatic carbocycles. The summed E-state index contributed by atoms with van der Waals surface area (Å²) in [6.45, 7) is 3.12. The number of rotatable bonds is 5. The first kappa shape index (κ1) is 10.9. The van der Waals surface area contributed by atoms with Gasteiger partial charge in [-0.3, -0.25) is 4.98 Å². The molecule has 0 bridgehead atoms. The van der Waals surface area contributed by atoms with E-state index in [1.165, 1.54) is 0 Å². The summed E-state index contributed by atoms with van der Waals surface area (Å²) in [5.74, 6) is 0.717. The lowest BCUT2D eigenvalue weighted by Gasteiger charge is -2.11. The van der Waals surface area contributed by atoms with E-state index in [0.29, 0.717) is 13.2 Å². The predicted molar refractivity (Wildman–Crippen MR) is 54.2 cm³/mol. The van der Waals surface area contributed by atoms with E-state index in [4.69, 9.17) is 15.2 Å². The summed E-state index contributed by atoms with van der Waals surface area (Å²) in [4.78, 5) is 4.02. The maximum absolute atomic E-state index is 5.88. The first-order valence-corrected chi connectivity index (χ1v) is 4.60. The largest absolute Gasteiger partial charge is 0.495 e. The van der Waals surface area contributed by atoms with E-state index < -0.39 is 0 Å². The van der Waals surface area contributed by atoms with E-state index in [1.807, 2.05) is 13.0 Å². The van der Waals surface area contributed by atoms with E-state index in [2.05, 4.69) is 4.98 Å². The topological polar surface area (TPSA) is 57.4 Å². The molecule has 0 saturated carbocycles. The molecular formula is C10H16N2O2. The predicted octanol–water partition coefficient (Wildman–Crippen LogP) is 1.13. The fourth-order valence-corrected chi connectivity index (χ4v) is 1.09. The Morgan fingerprint density at radius 1 is 1.50 bits per heavy atom. The Hall–Kier alpha value is -1.13. The molecule has 0 radical (unpaired) electrons. The number of nitrogens with zero attached hydrogens (tertiary/aromatic N) is 1. The maximum atomic E-state index is 5.88. The van der Waals surface area contributed by atoms with Gasteiger partial charge in [-0.15, -0.1) is 0 Å². The summed E-state index contributed by atoms with van der Waals surface area (Å²) in [6.07, 6.45) is 3.38. The zero-order valence-corrected chi connectivity index (χ0v) is 8.56. The molecule has 4 heteroatoms. The molecular weight excluding hydrogens is 180 g/mol. The molecule has 0 aliphatic rings. The van der Waals surface area contributed by atoms with Gasteiger partial charge in [0.15, 0.2) is 0 Å². The second-order valence-corrected chi connectivity index (χ2v) is 2.92. The van der Waals surface area contributed by atoms with Crippen LogP contribution in [0.5, 0.6) is 5.75 Å². The molecule has 1 heterocycles. The van der Waals surface area contributed by atoms with Gasteiger partial charge in [-0.05, 0) is 18.6 Å². The van der Waals surface area contributed by atoms with Crippen molar-refractivity contribution in [1.29, 1.82) is 0 Å². The van der Waals surface area contributed by atoms with Crippen LogP contribution in [0.1, 0.15) is 18.5 Å². The van der Waals surface area contributed by atoms with Gasteiger partial charge in [-0.25, -0.2) is 0 Å². The monoisotopic (exact) mass is 196 g/mol. The molecule has 0 amide bonds. The van der Waals surface area contributed by atoms with Crippen molar-refractivity contribution in [2.45, 2.75) is 13.0 Å². The van der Waals surface area contributed by atoms with Crippen LogP contribution >= 0.6 is 0 Å². The summed E-state index contributed by atoms with van der Waals surface area (Å²) in [5, 5.41) is 0. The zero-order valence-electron chi connectivity index (χ0n) is 8.56. The molecule has 4 nitrogen and oxygen atoms in total. The average Bonchev–Trinajstić information content (AvgIpc) is 2.26. The van der Waals surface area contributed by atoms with Gasteiger partial charge in [-0.1, -0.05) is 0 Å². The third-order valence-electron chi connectivity index (χ3n) is 1.90. The molecule has 1 atom stereocenters. The van der Waals surface area contributed by atoms with Gasteiger partial charge in [0.1, 0.15) is 5.75 Å². The van der Waals surface area contributed by atoms with Gasteiger partial charge in [0.2, 0.25) is 0 Å². The molecule has 2 N–H and O–H groups in total. The van der Waals surface area contributed by atoms with Gasteiger partial charge in [0, 0.05) is 12.8 Å². The van der Waals surface area contributed by atoms with Crippen LogP contribution in [-0.4, -0.2) is 25.3 Å². The minimum atomic E-state index is -0.141. The molecule has 0 saturated heterocycles. The summed E-state index contributed by atoms with van der Waals surface area (Å²) in [6, 6.07) is 1.73. The highest BCUT2D eigenvalue weighted by Gasteiger charge is 2.06.